The highest BCUT2D eigenvalue weighted by molar-refractivity contribution is 6.05. The van der Waals surface area contributed by atoms with E-state index in [-0.39, 0.29) is 18.5 Å². The highest BCUT2D eigenvalue weighted by atomic mass is 16.5. The van der Waals surface area contributed by atoms with Gasteiger partial charge < -0.3 is 15.0 Å². The van der Waals surface area contributed by atoms with Crippen LogP contribution >= 0.6 is 0 Å². The minimum absolute atomic E-state index is 0.0382. The van der Waals surface area contributed by atoms with Gasteiger partial charge in [-0.2, -0.15) is 0 Å². The lowest BCUT2D eigenvalue weighted by molar-refractivity contribution is -0.150. The lowest BCUT2D eigenvalue weighted by atomic mass is 9.95. The molecule has 1 aromatic heterocycles. The monoisotopic (exact) mass is 378 g/mol. The van der Waals surface area contributed by atoms with Crippen molar-refractivity contribution in [2.24, 2.45) is 5.92 Å². The van der Waals surface area contributed by atoms with Gasteiger partial charge in [0.15, 0.2) is 5.43 Å². The van der Waals surface area contributed by atoms with Gasteiger partial charge in [-0.3, -0.25) is 14.4 Å². The van der Waals surface area contributed by atoms with Crippen LogP contribution < -0.4 is 10.7 Å². The van der Waals surface area contributed by atoms with E-state index in [4.69, 9.17) is 4.74 Å². The summed E-state index contributed by atoms with van der Waals surface area (Å²) in [5.74, 6) is -2.28. The van der Waals surface area contributed by atoms with Crippen LogP contribution in [-0.4, -0.2) is 23.5 Å². The zero-order valence-corrected chi connectivity index (χ0v) is 15.8. The second-order valence-corrected chi connectivity index (χ2v) is 6.47. The molecule has 6 nitrogen and oxygen atoms in total. The fraction of sp³-hybridized carbons (Fsp3) is 0.227. The molecule has 3 rings (SSSR count). The summed E-state index contributed by atoms with van der Waals surface area (Å²) in [6.07, 6.45) is -0.0382. The number of anilines is 1. The third-order valence-corrected chi connectivity index (χ3v) is 4.56. The van der Waals surface area contributed by atoms with E-state index in [1.807, 2.05) is 18.2 Å². The van der Waals surface area contributed by atoms with Crippen LogP contribution in [0, 0.1) is 12.8 Å². The molecule has 1 atom stereocenters. The SMILES string of the molecule is CCOC(=O)C(Cc1c(C)[nH]c2ccccc2c1=O)C(=O)Nc1ccccc1. The Balaban J connectivity index is 1.96. The summed E-state index contributed by atoms with van der Waals surface area (Å²) in [4.78, 5) is 41.4. The number of aromatic amines is 1. The number of carbonyl (C=O) groups excluding carboxylic acids is 2. The van der Waals surface area contributed by atoms with Crippen molar-refractivity contribution in [2.45, 2.75) is 20.3 Å². The third-order valence-electron chi connectivity index (χ3n) is 4.56. The summed E-state index contributed by atoms with van der Waals surface area (Å²) >= 11 is 0. The van der Waals surface area contributed by atoms with Gasteiger partial charge >= 0.3 is 5.97 Å². The van der Waals surface area contributed by atoms with Crippen LogP contribution in [0.3, 0.4) is 0 Å². The van der Waals surface area contributed by atoms with E-state index in [9.17, 15) is 14.4 Å². The van der Waals surface area contributed by atoms with Crippen LogP contribution in [0.4, 0.5) is 5.69 Å². The van der Waals surface area contributed by atoms with Crippen molar-refractivity contribution in [1.82, 2.24) is 4.98 Å². The van der Waals surface area contributed by atoms with Gasteiger partial charge in [0.2, 0.25) is 5.91 Å². The largest absolute Gasteiger partial charge is 0.465 e. The average Bonchev–Trinajstić information content (AvgIpc) is 2.68. The molecule has 2 N–H and O–H groups in total. The van der Waals surface area contributed by atoms with Crippen molar-refractivity contribution < 1.29 is 14.3 Å². The van der Waals surface area contributed by atoms with Gasteiger partial charge in [-0.1, -0.05) is 30.3 Å². The van der Waals surface area contributed by atoms with Crippen molar-refractivity contribution in [3.05, 3.63) is 76.1 Å². The lowest BCUT2D eigenvalue weighted by Gasteiger charge is -2.17. The number of hydrogen-bond acceptors (Lipinski definition) is 4. The Morgan fingerprint density at radius 3 is 2.46 bits per heavy atom. The molecule has 0 saturated carbocycles. The number of aromatic nitrogens is 1. The Morgan fingerprint density at radius 1 is 1.07 bits per heavy atom. The van der Waals surface area contributed by atoms with Crippen LogP contribution in [0.1, 0.15) is 18.2 Å². The van der Waals surface area contributed by atoms with Crippen molar-refractivity contribution in [3.8, 4) is 0 Å². The highest BCUT2D eigenvalue weighted by Crippen LogP contribution is 2.17. The molecule has 144 valence electrons. The van der Waals surface area contributed by atoms with E-state index in [2.05, 4.69) is 10.3 Å². The number of H-pyrrole nitrogens is 1. The Labute approximate surface area is 162 Å². The van der Waals surface area contributed by atoms with E-state index < -0.39 is 17.8 Å². The van der Waals surface area contributed by atoms with Gasteiger partial charge in [0.05, 0.1) is 6.61 Å². The quantitative estimate of drug-likeness (QED) is 0.509. The molecular formula is C22H22N2O4. The Morgan fingerprint density at radius 2 is 1.75 bits per heavy atom. The number of ether oxygens (including phenoxy) is 1. The highest BCUT2D eigenvalue weighted by Gasteiger charge is 2.30. The lowest BCUT2D eigenvalue weighted by Crippen LogP contribution is -2.34. The molecule has 0 aliphatic rings. The number of fused-ring (bicyclic) bond motifs is 1. The molecular weight excluding hydrogens is 356 g/mol. The van der Waals surface area contributed by atoms with Crippen molar-refractivity contribution in [1.29, 1.82) is 0 Å². The first-order valence-electron chi connectivity index (χ1n) is 9.14. The van der Waals surface area contributed by atoms with Crippen LogP contribution in [-0.2, 0) is 20.7 Å². The van der Waals surface area contributed by atoms with Gasteiger partial charge in [0, 0.05) is 34.3 Å². The van der Waals surface area contributed by atoms with Crippen LogP contribution in [0.5, 0.6) is 0 Å². The first kappa shape index (κ1) is 19.4. The zero-order chi connectivity index (χ0) is 20.1. The predicted molar refractivity (Wildman–Crippen MR) is 108 cm³/mol. The molecule has 1 heterocycles. The number of nitrogens with one attached hydrogen (secondary N) is 2. The van der Waals surface area contributed by atoms with E-state index in [0.29, 0.717) is 22.3 Å². The third kappa shape index (κ3) is 4.11. The summed E-state index contributed by atoms with van der Waals surface area (Å²) in [5, 5.41) is 3.25. The second kappa shape index (κ2) is 8.52. The number of rotatable bonds is 6. The van der Waals surface area contributed by atoms with Gasteiger partial charge in [-0.25, -0.2) is 0 Å². The van der Waals surface area contributed by atoms with E-state index in [0.717, 1.165) is 5.52 Å². The number of amides is 1. The molecule has 0 fully saturated rings. The molecule has 0 aliphatic carbocycles. The fourth-order valence-electron chi connectivity index (χ4n) is 3.13. The number of hydrogen-bond donors (Lipinski definition) is 2. The zero-order valence-electron chi connectivity index (χ0n) is 15.8. The average molecular weight is 378 g/mol. The molecule has 6 heteroatoms. The second-order valence-electron chi connectivity index (χ2n) is 6.47. The van der Waals surface area contributed by atoms with Gasteiger partial charge in [0.1, 0.15) is 5.92 Å². The molecule has 0 bridgehead atoms. The summed E-state index contributed by atoms with van der Waals surface area (Å²) in [6.45, 7) is 3.60. The minimum Gasteiger partial charge on any atom is -0.465 e. The smallest absolute Gasteiger partial charge is 0.318 e. The first-order chi connectivity index (χ1) is 13.5. The molecule has 0 saturated heterocycles. The Hall–Kier alpha value is -3.41. The summed E-state index contributed by atoms with van der Waals surface area (Å²) in [6, 6.07) is 16.0. The van der Waals surface area contributed by atoms with E-state index in [1.165, 1.54) is 0 Å². The molecule has 0 spiro atoms. The minimum atomic E-state index is -1.12. The number of carbonyl (C=O) groups is 2. The van der Waals surface area contributed by atoms with E-state index in [1.54, 1.807) is 50.2 Å². The topological polar surface area (TPSA) is 88.3 Å². The maximum absolute atomic E-state index is 12.9. The number of benzene rings is 2. The van der Waals surface area contributed by atoms with Crippen molar-refractivity contribution >= 4 is 28.5 Å². The van der Waals surface area contributed by atoms with Crippen LogP contribution in [0.15, 0.2) is 59.4 Å². The molecule has 2 aromatic carbocycles. The normalized spacial score (nSPS) is 11.8. The maximum atomic E-state index is 12.9. The molecule has 0 radical (unpaired) electrons. The maximum Gasteiger partial charge on any atom is 0.318 e. The summed E-state index contributed by atoms with van der Waals surface area (Å²) < 4.78 is 5.09. The fourth-order valence-corrected chi connectivity index (χ4v) is 3.13. The van der Waals surface area contributed by atoms with Gasteiger partial charge in [-0.05, 0) is 38.1 Å². The number of pyridine rings is 1. The van der Waals surface area contributed by atoms with Crippen LogP contribution in [0.2, 0.25) is 0 Å². The molecule has 1 unspecified atom stereocenters. The number of esters is 1. The first-order valence-corrected chi connectivity index (χ1v) is 9.14. The number of para-hydroxylation sites is 2. The van der Waals surface area contributed by atoms with E-state index >= 15 is 0 Å². The van der Waals surface area contributed by atoms with Gasteiger partial charge in [0.25, 0.3) is 0 Å². The van der Waals surface area contributed by atoms with Gasteiger partial charge in [-0.15, -0.1) is 0 Å². The van der Waals surface area contributed by atoms with Crippen molar-refractivity contribution in [2.75, 3.05) is 11.9 Å². The van der Waals surface area contributed by atoms with Crippen LogP contribution in [0.25, 0.3) is 10.9 Å². The molecule has 28 heavy (non-hydrogen) atoms. The number of aryl methyl sites for hydroxylation is 1. The Bertz CT molecular complexity index is 1060. The standard InChI is InChI=1S/C22H22N2O4/c1-3-28-22(27)18(21(26)24-15-9-5-4-6-10-15)13-17-14(2)23-19-12-8-7-11-16(19)20(17)25/h4-12,18H,3,13H2,1-2H3,(H,23,25)(H,24,26). The predicted octanol–water partition coefficient (Wildman–Crippen LogP) is 3.20. The summed E-state index contributed by atoms with van der Waals surface area (Å²) in [7, 11) is 0. The van der Waals surface area contributed by atoms with Crippen molar-refractivity contribution in [3.63, 3.8) is 0 Å². The molecule has 1 amide bonds. The molecule has 3 aromatic rings. The molecule has 0 aliphatic heterocycles. The Kier molecular flexibility index (Phi) is 5.89. The summed E-state index contributed by atoms with van der Waals surface area (Å²) in [5.41, 5.74) is 2.14.